The Balaban J connectivity index is 2.40. The number of methoxy groups -OCH3 is 1. The molecule has 0 radical (unpaired) electrons. The topological polar surface area (TPSA) is 72.7 Å². The standard InChI is InChI=1S/C19H37N5O2/c1-7-20-19(21-10-8-9-11-26-13-12-25-6)22-15(2)14-18-16(3)23-24(5)17(18)4/h15H,7-14H2,1-6H3,(H2,20,21,22). The summed E-state index contributed by atoms with van der Waals surface area (Å²) in [7, 11) is 3.68. The molecule has 7 heteroatoms. The van der Waals surface area contributed by atoms with Gasteiger partial charge in [0.15, 0.2) is 5.96 Å². The molecule has 1 unspecified atom stereocenters. The van der Waals surface area contributed by atoms with Gasteiger partial charge in [-0.15, -0.1) is 0 Å². The third kappa shape index (κ3) is 8.19. The molecule has 0 aromatic carbocycles. The smallest absolute Gasteiger partial charge is 0.191 e. The van der Waals surface area contributed by atoms with Gasteiger partial charge in [0.25, 0.3) is 0 Å². The van der Waals surface area contributed by atoms with E-state index in [4.69, 9.17) is 9.47 Å². The van der Waals surface area contributed by atoms with Gasteiger partial charge in [-0.3, -0.25) is 9.67 Å². The van der Waals surface area contributed by atoms with E-state index in [2.05, 4.69) is 48.4 Å². The highest BCUT2D eigenvalue weighted by Gasteiger charge is 2.13. The maximum atomic E-state index is 5.47. The first-order valence-electron chi connectivity index (χ1n) is 9.60. The Kier molecular flexibility index (Phi) is 11.0. The van der Waals surface area contributed by atoms with E-state index in [-0.39, 0.29) is 6.04 Å². The predicted octanol–water partition coefficient (Wildman–Crippen LogP) is 1.97. The van der Waals surface area contributed by atoms with Gasteiger partial charge < -0.3 is 20.1 Å². The monoisotopic (exact) mass is 367 g/mol. The van der Waals surface area contributed by atoms with Crippen molar-refractivity contribution in [2.75, 3.05) is 40.0 Å². The number of aromatic nitrogens is 2. The van der Waals surface area contributed by atoms with Crippen LogP contribution in [0.2, 0.25) is 0 Å². The molecule has 1 heterocycles. The van der Waals surface area contributed by atoms with Crippen molar-refractivity contribution in [2.45, 2.75) is 53.0 Å². The molecule has 1 aromatic rings. The number of nitrogens with one attached hydrogen (secondary N) is 2. The lowest BCUT2D eigenvalue weighted by Crippen LogP contribution is -2.43. The van der Waals surface area contributed by atoms with Crippen molar-refractivity contribution >= 4 is 5.96 Å². The molecule has 1 atom stereocenters. The second kappa shape index (κ2) is 12.7. The van der Waals surface area contributed by atoms with Gasteiger partial charge in [0.2, 0.25) is 0 Å². The van der Waals surface area contributed by atoms with E-state index in [1.165, 1.54) is 11.3 Å². The SMILES string of the molecule is CCNC(=NCCCCOCCOC)NC(C)Cc1c(C)nn(C)c1C. The maximum Gasteiger partial charge on any atom is 0.191 e. The Morgan fingerprint density at radius 2 is 2.00 bits per heavy atom. The Hall–Kier alpha value is -1.60. The van der Waals surface area contributed by atoms with Gasteiger partial charge >= 0.3 is 0 Å². The summed E-state index contributed by atoms with van der Waals surface area (Å²) in [5, 5.41) is 11.3. The molecule has 0 spiro atoms. The number of hydrogen-bond donors (Lipinski definition) is 2. The molecule has 0 bridgehead atoms. The van der Waals surface area contributed by atoms with Crippen molar-refractivity contribution in [1.82, 2.24) is 20.4 Å². The van der Waals surface area contributed by atoms with Crippen LogP contribution in [-0.2, 0) is 22.9 Å². The van der Waals surface area contributed by atoms with E-state index in [9.17, 15) is 0 Å². The first-order chi connectivity index (χ1) is 12.5. The quantitative estimate of drug-likeness (QED) is 0.336. The van der Waals surface area contributed by atoms with Crippen molar-refractivity contribution in [1.29, 1.82) is 0 Å². The van der Waals surface area contributed by atoms with Crippen LogP contribution in [-0.4, -0.2) is 61.8 Å². The number of rotatable bonds is 12. The highest BCUT2D eigenvalue weighted by atomic mass is 16.5. The summed E-state index contributed by atoms with van der Waals surface area (Å²) in [6.07, 6.45) is 2.96. The fraction of sp³-hybridized carbons (Fsp3) is 0.789. The average Bonchev–Trinajstić information content (AvgIpc) is 2.83. The first kappa shape index (κ1) is 22.4. The number of nitrogens with zero attached hydrogens (tertiary/aromatic N) is 3. The minimum absolute atomic E-state index is 0.284. The summed E-state index contributed by atoms with van der Waals surface area (Å²) >= 11 is 0. The fourth-order valence-electron chi connectivity index (χ4n) is 2.77. The lowest BCUT2D eigenvalue weighted by molar-refractivity contribution is 0.0690. The summed E-state index contributed by atoms with van der Waals surface area (Å²) in [5.41, 5.74) is 3.65. The van der Waals surface area contributed by atoms with Gasteiger partial charge in [-0.2, -0.15) is 5.10 Å². The van der Waals surface area contributed by atoms with Gasteiger partial charge in [0.1, 0.15) is 0 Å². The van der Waals surface area contributed by atoms with Crippen LogP contribution in [0.1, 0.15) is 43.6 Å². The number of aliphatic imine (C=N–C) groups is 1. The molecule has 0 aliphatic heterocycles. The highest BCUT2D eigenvalue weighted by molar-refractivity contribution is 5.80. The number of unbranched alkanes of at least 4 members (excludes halogenated alkanes) is 1. The predicted molar refractivity (Wildman–Crippen MR) is 107 cm³/mol. The first-order valence-corrected chi connectivity index (χ1v) is 9.60. The summed E-state index contributed by atoms with van der Waals surface area (Å²) in [6, 6.07) is 0.284. The third-order valence-corrected chi connectivity index (χ3v) is 4.30. The summed E-state index contributed by atoms with van der Waals surface area (Å²) < 4.78 is 12.4. The van der Waals surface area contributed by atoms with Gasteiger partial charge in [-0.25, -0.2) is 0 Å². The third-order valence-electron chi connectivity index (χ3n) is 4.30. The average molecular weight is 368 g/mol. The van der Waals surface area contributed by atoms with Crippen LogP contribution >= 0.6 is 0 Å². The zero-order chi connectivity index (χ0) is 19.4. The molecular weight excluding hydrogens is 330 g/mol. The maximum absolute atomic E-state index is 5.47. The van der Waals surface area contributed by atoms with Crippen LogP contribution in [0, 0.1) is 13.8 Å². The molecule has 0 aliphatic rings. The van der Waals surface area contributed by atoms with Crippen LogP contribution in [0.4, 0.5) is 0 Å². The zero-order valence-corrected chi connectivity index (χ0v) is 17.4. The van der Waals surface area contributed by atoms with E-state index < -0.39 is 0 Å². The molecule has 0 fully saturated rings. The van der Waals surface area contributed by atoms with E-state index in [1.54, 1.807) is 7.11 Å². The second-order valence-electron chi connectivity index (χ2n) is 6.60. The zero-order valence-electron chi connectivity index (χ0n) is 17.4. The number of ether oxygens (including phenoxy) is 2. The number of guanidine groups is 1. The van der Waals surface area contributed by atoms with Crippen molar-refractivity contribution < 1.29 is 9.47 Å². The lowest BCUT2D eigenvalue weighted by atomic mass is 10.1. The number of aryl methyl sites for hydroxylation is 2. The molecule has 1 rings (SSSR count). The molecular formula is C19H37N5O2. The Morgan fingerprint density at radius 3 is 2.62 bits per heavy atom. The van der Waals surface area contributed by atoms with Crippen molar-refractivity contribution in [2.24, 2.45) is 12.0 Å². The molecule has 2 N–H and O–H groups in total. The second-order valence-corrected chi connectivity index (χ2v) is 6.60. The van der Waals surface area contributed by atoms with Gasteiger partial charge in [0.05, 0.1) is 18.9 Å². The van der Waals surface area contributed by atoms with E-state index in [1.807, 2.05) is 11.7 Å². The van der Waals surface area contributed by atoms with Crippen molar-refractivity contribution in [3.8, 4) is 0 Å². The molecule has 0 aliphatic carbocycles. The molecule has 0 saturated heterocycles. The van der Waals surface area contributed by atoms with Crippen LogP contribution in [0.5, 0.6) is 0 Å². The summed E-state index contributed by atoms with van der Waals surface area (Å²) in [4.78, 5) is 4.67. The number of hydrogen-bond acceptors (Lipinski definition) is 4. The Morgan fingerprint density at radius 1 is 1.23 bits per heavy atom. The van der Waals surface area contributed by atoms with Crippen molar-refractivity contribution in [3.63, 3.8) is 0 Å². The molecule has 150 valence electrons. The van der Waals surface area contributed by atoms with E-state index >= 15 is 0 Å². The molecule has 7 nitrogen and oxygen atoms in total. The lowest BCUT2D eigenvalue weighted by Gasteiger charge is -2.18. The largest absolute Gasteiger partial charge is 0.382 e. The van der Waals surface area contributed by atoms with E-state index in [0.717, 1.165) is 50.6 Å². The molecule has 26 heavy (non-hydrogen) atoms. The Labute approximate surface area is 158 Å². The normalized spacial score (nSPS) is 13.1. The van der Waals surface area contributed by atoms with Crippen LogP contribution < -0.4 is 10.6 Å². The minimum Gasteiger partial charge on any atom is -0.382 e. The Bertz CT molecular complexity index is 542. The molecule has 0 amide bonds. The van der Waals surface area contributed by atoms with Gasteiger partial charge in [0, 0.05) is 45.6 Å². The highest BCUT2D eigenvalue weighted by Crippen LogP contribution is 2.14. The van der Waals surface area contributed by atoms with Crippen LogP contribution in [0.3, 0.4) is 0 Å². The minimum atomic E-state index is 0.284. The van der Waals surface area contributed by atoms with Crippen molar-refractivity contribution in [3.05, 3.63) is 17.0 Å². The summed E-state index contributed by atoms with van der Waals surface area (Å²) in [5.74, 6) is 0.875. The molecule has 0 saturated carbocycles. The molecule has 1 aromatic heterocycles. The fourth-order valence-corrected chi connectivity index (χ4v) is 2.77. The van der Waals surface area contributed by atoms with Crippen LogP contribution in [0.15, 0.2) is 4.99 Å². The van der Waals surface area contributed by atoms with Gasteiger partial charge in [-0.1, -0.05) is 0 Å². The van der Waals surface area contributed by atoms with Gasteiger partial charge in [-0.05, 0) is 52.5 Å². The summed E-state index contributed by atoms with van der Waals surface area (Å²) in [6.45, 7) is 12.2. The van der Waals surface area contributed by atoms with Crippen LogP contribution in [0.25, 0.3) is 0 Å². The van der Waals surface area contributed by atoms with E-state index in [0.29, 0.717) is 13.2 Å².